The van der Waals surface area contributed by atoms with Crippen LogP contribution in [0.4, 0.5) is 0 Å². The summed E-state index contributed by atoms with van der Waals surface area (Å²) in [6.07, 6.45) is 6.73. The Kier molecular flexibility index (Phi) is 5.37. The molecule has 0 saturated carbocycles. The minimum atomic E-state index is -0.187. The zero-order valence-corrected chi connectivity index (χ0v) is 15.4. The lowest BCUT2D eigenvalue weighted by Gasteiger charge is -2.01. The molecule has 0 atom stereocenters. The number of halogens is 1. The fraction of sp³-hybridized carbons (Fsp3) is 0.200. The van der Waals surface area contributed by atoms with Crippen molar-refractivity contribution < 1.29 is 4.79 Å². The average Bonchev–Trinajstić information content (AvgIpc) is 2.92. The second-order valence-corrected chi connectivity index (χ2v) is 7.08. The molecule has 0 unspecified atom stereocenters. The van der Waals surface area contributed by atoms with E-state index in [1.54, 1.807) is 0 Å². The predicted molar refractivity (Wildman–Crippen MR) is 104 cm³/mol. The van der Waals surface area contributed by atoms with Crippen molar-refractivity contribution in [1.82, 2.24) is 4.57 Å². The first-order chi connectivity index (χ1) is 12.1. The molecule has 0 N–H and O–H groups in total. The normalized spacial score (nSPS) is 11.6. The number of terminal acetylenes is 1. The van der Waals surface area contributed by atoms with Crippen molar-refractivity contribution in [2.45, 2.75) is 26.3 Å². The van der Waals surface area contributed by atoms with E-state index in [0.29, 0.717) is 16.4 Å². The van der Waals surface area contributed by atoms with E-state index in [1.165, 1.54) is 16.9 Å². The number of carbonyl (C=O) groups excluding carboxylic acids is 1. The van der Waals surface area contributed by atoms with Gasteiger partial charge < -0.3 is 4.57 Å². The topological polar surface area (TPSA) is 34.4 Å². The fourth-order valence-electron chi connectivity index (χ4n) is 2.59. The van der Waals surface area contributed by atoms with Gasteiger partial charge in [-0.3, -0.25) is 4.79 Å². The molecule has 0 spiro atoms. The molecule has 0 aliphatic rings. The summed E-state index contributed by atoms with van der Waals surface area (Å²) < 4.78 is 2.83. The van der Waals surface area contributed by atoms with Crippen molar-refractivity contribution in [2.24, 2.45) is 4.99 Å². The molecule has 0 radical (unpaired) electrons. The Morgan fingerprint density at radius 3 is 2.64 bits per heavy atom. The lowest BCUT2D eigenvalue weighted by molar-refractivity contribution is -0.117. The number of fused-ring (bicyclic) bond motifs is 1. The van der Waals surface area contributed by atoms with Gasteiger partial charge in [0.1, 0.15) is 0 Å². The summed E-state index contributed by atoms with van der Waals surface area (Å²) in [4.78, 5) is 17.3. The van der Waals surface area contributed by atoms with Crippen molar-refractivity contribution in [3.63, 3.8) is 0 Å². The number of rotatable bonds is 4. The van der Waals surface area contributed by atoms with E-state index in [4.69, 9.17) is 18.0 Å². The first kappa shape index (κ1) is 17.5. The van der Waals surface area contributed by atoms with Crippen molar-refractivity contribution in [3.8, 4) is 12.3 Å². The van der Waals surface area contributed by atoms with Gasteiger partial charge in [0.2, 0.25) is 0 Å². The van der Waals surface area contributed by atoms with Gasteiger partial charge in [-0.2, -0.15) is 4.99 Å². The van der Waals surface area contributed by atoms with E-state index in [0.717, 1.165) is 22.2 Å². The lowest BCUT2D eigenvalue weighted by atomic mass is 10.1. The van der Waals surface area contributed by atoms with Crippen LogP contribution in [0.25, 0.3) is 10.2 Å². The highest BCUT2D eigenvalue weighted by Gasteiger charge is 2.08. The molecule has 3 rings (SSSR count). The Labute approximate surface area is 155 Å². The summed E-state index contributed by atoms with van der Waals surface area (Å²) >= 11 is 7.47. The minimum Gasteiger partial charge on any atom is -0.305 e. The van der Waals surface area contributed by atoms with E-state index in [-0.39, 0.29) is 12.3 Å². The number of thiazole rings is 1. The summed E-state index contributed by atoms with van der Waals surface area (Å²) in [7, 11) is 0. The van der Waals surface area contributed by atoms with Gasteiger partial charge in [-0.1, -0.05) is 60.0 Å². The Hall–Kier alpha value is -2.35. The minimum absolute atomic E-state index is 0.187. The van der Waals surface area contributed by atoms with Crippen LogP contribution >= 0.6 is 22.9 Å². The van der Waals surface area contributed by atoms with Gasteiger partial charge in [0.15, 0.2) is 4.80 Å². The molecular weight excluding hydrogens is 352 g/mol. The summed E-state index contributed by atoms with van der Waals surface area (Å²) in [6, 6.07) is 13.6. The third-order valence-electron chi connectivity index (χ3n) is 3.90. The van der Waals surface area contributed by atoms with Gasteiger partial charge in [-0.25, -0.2) is 0 Å². The van der Waals surface area contributed by atoms with Crippen LogP contribution < -0.4 is 4.80 Å². The van der Waals surface area contributed by atoms with E-state index >= 15 is 0 Å². The van der Waals surface area contributed by atoms with Gasteiger partial charge in [0, 0.05) is 5.02 Å². The molecule has 1 aromatic heterocycles. The molecule has 126 valence electrons. The molecule has 0 aliphatic carbocycles. The molecule has 1 heterocycles. The van der Waals surface area contributed by atoms with Crippen molar-refractivity contribution in [1.29, 1.82) is 0 Å². The quantitative estimate of drug-likeness (QED) is 0.635. The van der Waals surface area contributed by atoms with Gasteiger partial charge in [0.25, 0.3) is 5.91 Å². The molecule has 5 heteroatoms. The first-order valence-corrected chi connectivity index (χ1v) is 9.18. The van der Waals surface area contributed by atoms with Crippen molar-refractivity contribution in [2.75, 3.05) is 0 Å². The number of aryl methyl sites for hydroxylation is 1. The molecule has 1 amide bonds. The van der Waals surface area contributed by atoms with E-state index < -0.39 is 0 Å². The van der Waals surface area contributed by atoms with E-state index in [1.807, 2.05) is 47.0 Å². The number of hydrogen-bond donors (Lipinski definition) is 0. The van der Waals surface area contributed by atoms with E-state index in [2.05, 4.69) is 17.8 Å². The lowest BCUT2D eigenvalue weighted by Crippen LogP contribution is -2.17. The summed E-state index contributed by atoms with van der Waals surface area (Å²) in [6.45, 7) is 2.46. The van der Waals surface area contributed by atoms with Crippen LogP contribution in [0.2, 0.25) is 5.02 Å². The van der Waals surface area contributed by atoms with Crippen LogP contribution in [-0.4, -0.2) is 10.5 Å². The highest BCUT2D eigenvalue weighted by atomic mass is 35.5. The smallest absolute Gasteiger partial charge is 0.252 e. The molecular formula is C20H17ClN2OS. The van der Waals surface area contributed by atoms with Crippen LogP contribution in [0.1, 0.15) is 18.1 Å². The van der Waals surface area contributed by atoms with Gasteiger partial charge in [-0.15, -0.1) is 6.42 Å². The van der Waals surface area contributed by atoms with E-state index in [9.17, 15) is 4.79 Å². The predicted octanol–water partition coefficient (Wildman–Crippen LogP) is 4.22. The first-order valence-electron chi connectivity index (χ1n) is 7.98. The molecule has 0 saturated heterocycles. The van der Waals surface area contributed by atoms with Crippen LogP contribution in [0, 0.1) is 12.3 Å². The zero-order chi connectivity index (χ0) is 17.8. The number of hydrogen-bond acceptors (Lipinski definition) is 2. The van der Waals surface area contributed by atoms with Crippen molar-refractivity contribution >= 4 is 39.1 Å². The highest BCUT2D eigenvalue weighted by Crippen LogP contribution is 2.21. The molecule has 3 aromatic rings. The molecule has 0 fully saturated rings. The standard InChI is InChI=1S/C20H17ClN2OS/c1-3-11-23-17-10-9-16(21)13-18(17)25-20(23)22-19(24)12-15-7-5-14(4-2)6-8-15/h1,5-10,13H,4,11-12H2,2H3. The Morgan fingerprint density at radius 2 is 1.96 bits per heavy atom. The Bertz CT molecular complexity index is 1020. The largest absolute Gasteiger partial charge is 0.305 e. The third-order valence-corrected chi connectivity index (χ3v) is 5.18. The SMILES string of the molecule is C#CCn1c(=NC(=O)Cc2ccc(CC)cc2)sc2cc(Cl)ccc21. The molecule has 25 heavy (non-hydrogen) atoms. The van der Waals surface area contributed by atoms with Crippen LogP contribution in [0.5, 0.6) is 0 Å². The number of carbonyl (C=O) groups is 1. The Balaban J connectivity index is 1.94. The van der Waals surface area contributed by atoms with Gasteiger partial charge in [0.05, 0.1) is 23.2 Å². The highest BCUT2D eigenvalue weighted by molar-refractivity contribution is 7.16. The maximum absolute atomic E-state index is 12.4. The molecule has 2 aromatic carbocycles. The van der Waals surface area contributed by atoms with Gasteiger partial charge >= 0.3 is 0 Å². The van der Waals surface area contributed by atoms with Crippen LogP contribution in [-0.2, 0) is 24.2 Å². The Morgan fingerprint density at radius 1 is 1.24 bits per heavy atom. The van der Waals surface area contributed by atoms with Crippen LogP contribution in [0.15, 0.2) is 47.5 Å². The second-order valence-electron chi connectivity index (χ2n) is 5.64. The number of aromatic nitrogens is 1. The number of amides is 1. The zero-order valence-electron chi connectivity index (χ0n) is 13.8. The maximum Gasteiger partial charge on any atom is 0.252 e. The average molecular weight is 369 g/mol. The fourth-order valence-corrected chi connectivity index (χ4v) is 3.91. The van der Waals surface area contributed by atoms with Crippen LogP contribution in [0.3, 0.4) is 0 Å². The van der Waals surface area contributed by atoms with Gasteiger partial charge in [-0.05, 0) is 35.7 Å². The number of benzene rings is 2. The molecule has 0 aliphatic heterocycles. The second kappa shape index (κ2) is 7.69. The molecule has 0 bridgehead atoms. The van der Waals surface area contributed by atoms with Crippen molar-refractivity contribution in [3.05, 3.63) is 63.4 Å². The summed E-state index contributed by atoms with van der Waals surface area (Å²) in [5, 5.41) is 0.649. The summed E-state index contributed by atoms with van der Waals surface area (Å²) in [5.74, 6) is 2.43. The third kappa shape index (κ3) is 4.01. The monoisotopic (exact) mass is 368 g/mol. The maximum atomic E-state index is 12.4. The summed E-state index contributed by atoms with van der Waals surface area (Å²) in [5.41, 5.74) is 3.14. The number of nitrogens with zero attached hydrogens (tertiary/aromatic N) is 2. The molecule has 3 nitrogen and oxygen atoms in total.